The number of aryl methyl sites for hydroxylation is 2. The van der Waals surface area contributed by atoms with E-state index in [9.17, 15) is 18.0 Å². The first-order chi connectivity index (χ1) is 14.7. The average molecular weight is 436 g/mol. The lowest BCUT2D eigenvalue weighted by atomic mass is 9.63. The van der Waals surface area contributed by atoms with Gasteiger partial charge in [-0.1, -0.05) is 24.1 Å². The molecule has 1 spiro atoms. The van der Waals surface area contributed by atoms with Crippen LogP contribution in [-0.2, 0) is 19.6 Å². The van der Waals surface area contributed by atoms with Gasteiger partial charge in [-0.25, -0.2) is 8.42 Å². The van der Waals surface area contributed by atoms with E-state index in [-0.39, 0.29) is 42.4 Å². The second-order valence-electron chi connectivity index (χ2n) is 8.70. The van der Waals surface area contributed by atoms with Gasteiger partial charge in [0.1, 0.15) is 17.5 Å². The van der Waals surface area contributed by atoms with Crippen LogP contribution in [0.1, 0.15) is 47.9 Å². The molecule has 1 saturated heterocycles. The summed E-state index contributed by atoms with van der Waals surface area (Å²) in [5.74, 6) is 4.89. The molecule has 0 N–H and O–H groups in total. The molecule has 2 fully saturated rings. The van der Waals surface area contributed by atoms with Crippen molar-refractivity contribution in [3.05, 3.63) is 64.7 Å². The van der Waals surface area contributed by atoms with Crippen molar-refractivity contribution in [3.8, 4) is 11.8 Å². The minimum Gasteiger partial charge on any atom is -0.298 e. The van der Waals surface area contributed by atoms with Gasteiger partial charge < -0.3 is 0 Å². The highest BCUT2D eigenvalue weighted by Crippen LogP contribution is 2.47. The Bertz CT molecular complexity index is 1190. The summed E-state index contributed by atoms with van der Waals surface area (Å²) in [5, 5.41) is 0. The largest absolute Gasteiger partial charge is 0.298 e. The lowest BCUT2D eigenvalue weighted by molar-refractivity contribution is -0.140. The van der Waals surface area contributed by atoms with Gasteiger partial charge in [0, 0.05) is 36.9 Å². The van der Waals surface area contributed by atoms with Gasteiger partial charge >= 0.3 is 0 Å². The smallest absolute Gasteiger partial charge is 0.243 e. The van der Waals surface area contributed by atoms with Gasteiger partial charge in [0.25, 0.3) is 0 Å². The SMILES string of the molecule is CC#Cc1cc(C)c(C2C(=O)CC3(CC2=O)CN(S(=O)(=O)c2ccccc2)C3)c(C)c1. The molecule has 6 heteroatoms. The predicted octanol–water partition coefficient (Wildman–Crippen LogP) is 3.38. The molecule has 1 aliphatic heterocycles. The van der Waals surface area contributed by atoms with E-state index in [1.54, 1.807) is 37.3 Å². The maximum atomic E-state index is 13.1. The van der Waals surface area contributed by atoms with E-state index in [0.29, 0.717) is 0 Å². The molecular weight excluding hydrogens is 410 g/mol. The van der Waals surface area contributed by atoms with Gasteiger partial charge in [0.2, 0.25) is 10.0 Å². The number of nitrogens with zero attached hydrogens (tertiary/aromatic N) is 1. The Morgan fingerprint density at radius 3 is 2.03 bits per heavy atom. The summed E-state index contributed by atoms with van der Waals surface area (Å²) in [5.41, 5.74) is 2.85. The van der Waals surface area contributed by atoms with Crippen LogP contribution in [0, 0.1) is 31.1 Å². The van der Waals surface area contributed by atoms with E-state index in [1.165, 1.54) is 4.31 Å². The molecule has 160 valence electrons. The Balaban J connectivity index is 1.55. The molecule has 5 nitrogen and oxygen atoms in total. The van der Waals surface area contributed by atoms with Crippen LogP contribution < -0.4 is 0 Å². The molecule has 1 aliphatic carbocycles. The molecule has 1 heterocycles. The Labute approximate surface area is 183 Å². The third kappa shape index (κ3) is 3.73. The van der Waals surface area contributed by atoms with E-state index in [1.807, 2.05) is 26.0 Å². The predicted molar refractivity (Wildman–Crippen MR) is 118 cm³/mol. The Morgan fingerprint density at radius 1 is 0.968 bits per heavy atom. The van der Waals surface area contributed by atoms with Gasteiger partial charge in [0.05, 0.1) is 4.90 Å². The summed E-state index contributed by atoms with van der Waals surface area (Å²) in [6.45, 7) is 6.00. The lowest BCUT2D eigenvalue weighted by Gasteiger charge is -2.51. The topological polar surface area (TPSA) is 71.5 Å². The van der Waals surface area contributed by atoms with E-state index in [2.05, 4.69) is 11.8 Å². The van der Waals surface area contributed by atoms with Gasteiger partial charge in [0.15, 0.2) is 0 Å². The van der Waals surface area contributed by atoms with Crippen molar-refractivity contribution in [3.63, 3.8) is 0 Å². The van der Waals surface area contributed by atoms with Crippen molar-refractivity contribution < 1.29 is 18.0 Å². The molecule has 0 radical (unpaired) electrons. The number of carbonyl (C=O) groups is 2. The lowest BCUT2D eigenvalue weighted by Crippen LogP contribution is -2.62. The fourth-order valence-electron chi connectivity index (χ4n) is 4.99. The first-order valence-electron chi connectivity index (χ1n) is 10.3. The van der Waals surface area contributed by atoms with Crippen molar-refractivity contribution in [2.24, 2.45) is 5.41 Å². The molecule has 0 bridgehead atoms. The van der Waals surface area contributed by atoms with Crippen LogP contribution in [0.5, 0.6) is 0 Å². The molecular formula is C25H25NO4S. The summed E-state index contributed by atoms with van der Waals surface area (Å²) < 4.78 is 27.0. The third-order valence-corrected chi connectivity index (χ3v) is 8.10. The number of rotatable bonds is 3. The molecule has 2 aromatic rings. The standard InChI is InChI=1S/C25H25NO4S/c1-4-8-19-11-17(2)23(18(3)12-19)24-21(27)13-25(14-22(24)28)15-26(16-25)31(29,30)20-9-6-5-7-10-20/h5-7,9-12,24H,13-16H2,1-3H3. The highest BCUT2D eigenvalue weighted by Gasteiger charge is 2.55. The summed E-state index contributed by atoms with van der Waals surface area (Å²) in [4.78, 5) is 26.5. The number of hydrogen-bond donors (Lipinski definition) is 0. The fraction of sp³-hybridized carbons (Fsp3) is 0.360. The van der Waals surface area contributed by atoms with Crippen LogP contribution in [0.3, 0.4) is 0 Å². The zero-order chi connectivity index (χ0) is 22.4. The summed E-state index contributed by atoms with van der Waals surface area (Å²) in [6.07, 6.45) is 0.444. The summed E-state index contributed by atoms with van der Waals surface area (Å²) in [7, 11) is -3.60. The molecule has 4 rings (SSSR count). The molecule has 0 aromatic heterocycles. The van der Waals surface area contributed by atoms with Crippen LogP contribution in [-0.4, -0.2) is 37.4 Å². The molecule has 0 atom stereocenters. The molecule has 31 heavy (non-hydrogen) atoms. The molecule has 2 aromatic carbocycles. The van der Waals surface area contributed by atoms with Gasteiger partial charge in [-0.05, 0) is 61.7 Å². The maximum absolute atomic E-state index is 13.1. The van der Waals surface area contributed by atoms with Gasteiger partial charge in [-0.2, -0.15) is 4.31 Å². The minimum absolute atomic E-state index is 0.117. The van der Waals surface area contributed by atoms with Crippen molar-refractivity contribution in [1.82, 2.24) is 4.31 Å². The second-order valence-corrected chi connectivity index (χ2v) is 10.6. The number of ketones is 2. The zero-order valence-electron chi connectivity index (χ0n) is 17.9. The van der Waals surface area contributed by atoms with Crippen molar-refractivity contribution in [1.29, 1.82) is 0 Å². The first-order valence-corrected chi connectivity index (χ1v) is 11.8. The number of hydrogen-bond acceptors (Lipinski definition) is 4. The van der Waals surface area contributed by atoms with E-state index < -0.39 is 21.4 Å². The van der Waals surface area contributed by atoms with E-state index >= 15 is 0 Å². The molecule has 0 amide bonds. The number of benzene rings is 2. The van der Waals surface area contributed by atoms with Gasteiger partial charge in [-0.3, -0.25) is 9.59 Å². The Kier molecular flexibility index (Phi) is 5.36. The van der Waals surface area contributed by atoms with Crippen LogP contribution in [0.2, 0.25) is 0 Å². The van der Waals surface area contributed by atoms with E-state index in [0.717, 1.165) is 22.3 Å². The quantitative estimate of drug-likeness (QED) is 0.547. The van der Waals surface area contributed by atoms with Crippen molar-refractivity contribution in [2.45, 2.75) is 44.4 Å². The highest BCUT2D eigenvalue weighted by molar-refractivity contribution is 7.89. The van der Waals surface area contributed by atoms with Crippen LogP contribution in [0.25, 0.3) is 0 Å². The normalized spacial score (nSPS) is 19.1. The van der Waals surface area contributed by atoms with Crippen molar-refractivity contribution in [2.75, 3.05) is 13.1 Å². The van der Waals surface area contributed by atoms with Crippen LogP contribution in [0.4, 0.5) is 0 Å². The molecule has 1 saturated carbocycles. The van der Waals surface area contributed by atoms with E-state index in [4.69, 9.17) is 0 Å². The summed E-state index contributed by atoms with van der Waals surface area (Å²) >= 11 is 0. The average Bonchev–Trinajstić information content (AvgIpc) is 2.68. The van der Waals surface area contributed by atoms with Crippen molar-refractivity contribution >= 4 is 21.6 Å². The van der Waals surface area contributed by atoms with Gasteiger partial charge in [-0.15, -0.1) is 5.92 Å². The number of carbonyl (C=O) groups excluding carboxylic acids is 2. The fourth-order valence-corrected chi connectivity index (χ4v) is 6.68. The summed E-state index contributed by atoms with van der Waals surface area (Å²) in [6, 6.07) is 12.1. The monoisotopic (exact) mass is 435 g/mol. The Hall–Kier alpha value is -2.75. The Morgan fingerprint density at radius 2 is 1.52 bits per heavy atom. The first kappa shape index (κ1) is 21.5. The molecule has 0 unspecified atom stereocenters. The minimum atomic E-state index is -3.60. The maximum Gasteiger partial charge on any atom is 0.243 e. The zero-order valence-corrected chi connectivity index (χ0v) is 18.8. The number of Topliss-reactive ketones (excluding diaryl/α,β-unsaturated/α-hetero) is 2. The third-order valence-electron chi connectivity index (χ3n) is 6.30. The number of sulfonamides is 1. The van der Waals surface area contributed by atoms with Crippen LogP contribution >= 0.6 is 0 Å². The molecule has 2 aliphatic rings. The highest BCUT2D eigenvalue weighted by atomic mass is 32.2. The second kappa shape index (κ2) is 7.74. The van der Waals surface area contributed by atoms with Crippen LogP contribution in [0.15, 0.2) is 47.4 Å².